The van der Waals surface area contributed by atoms with Crippen LogP contribution in [-0.4, -0.2) is 17.6 Å². The molecule has 0 heterocycles. The number of oxime groups is 1. The third kappa shape index (κ3) is 3.33. The standard InChI is InChI=1S/C24H24ClFN2O3/c1-22(2)23(3)12-13-24(22,21(30)27-18-10-8-17(26)9-11-18)14-19(23)28-31-20(29)15-4-6-16(25)7-5-15/h4-11H,12-14H2,1-3H3,(H,27,30)/b28-19+. The fourth-order valence-corrected chi connectivity index (χ4v) is 5.17. The van der Waals surface area contributed by atoms with E-state index in [0.29, 0.717) is 34.8 Å². The van der Waals surface area contributed by atoms with Gasteiger partial charge in [-0.25, -0.2) is 9.18 Å². The van der Waals surface area contributed by atoms with Gasteiger partial charge in [-0.2, -0.15) is 0 Å². The predicted octanol–water partition coefficient (Wildman–Crippen LogP) is 5.85. The van der Waals surface area contributed by atoms with Crippen molar-refractivity contribution in [1.29, 1.82) is 0 Å². The number of fused-ring (bicyclic) bond motifs is 2. The first-order valence-corrected chi connectivity index (χ1v) is 10.6. The molecule has 4 rings (SSSR count). The van der Waals surface area contributed by atoms with Crippen molar-refractivity contribution < 1.29 is 18.8 Å². The molecule has 0 saturated heterocycles. The van der Waals surface area contributed by atoms with Crippen molar-refractivity contribution in [1.82, 2.24) is 0 Å². The van der Waals surface area contributed by atoms with Gasteiger partial charge < -0.3 is 10.2 Å². The number of carbonyl (C=O) groups is 2. The molecule has 162 valence electrons. The zero-order chi connectivity index (χ0) is 22.4. The lowest BCUT2D eigenvalue weighted by Gasteiger charge is -2.39. The van der Waals surface area contributed by atoms with E-state index in [1.807, 2.05) is 0 Å². The van der Waals surface area contributed by atoms with E-state index in [9.17, 15) is 14.0 Å². The highest BCUT2D eigenvalue weighted by Gasteiger charge is 2.71. The SMILES string of the molecule is CC12CCC(C(=O)Nc3ccc(F)cc3)(C/C1=N\OC(=O)c1ccc(Cl)cc1)C2(C)C. The first-order valence-electron chi connectivity index (χ1n) is 10.2. The molecule has 31 heavy (non-hydrogen) atoms. The van der Waals surface area contributed by atoms with E-state index in [1.54, 1.807) is 36.4 Å². The first-order chi connectivity index (χ1) is 14.6. The molecule has 2 aromatic rings. The van der Waals surface area contributed by atoms with Crippen molar-refractivity contribution in [3.8, 4) is 0 Å². The molecule has 2 atom stereocenters. The zero-order valence-electron chi connectivity index (χ0n) is 17.7. The van der Waals surface area contributed by atoms with Crippen molar-refractivity contribution in [2.75, 3.05) is 5.32 Å². The average Bonchev–Trinajstić information content (AvgIpc) is 3.05. The zero-order valence-corrected chi connectivity index (χ0v) is 18.4. The number of halogens is 2. The van der Waals surface area contributed by atoms with Crippen molar-refractivity contribution >= 4 is 34.9 Å². The average molecular weight is 443 g/mol. The number of amides is 1. The van der Waals surface area contributed by atoms with Crippen LogP contribution >= 0.6 is 11.6 Å². The number of hydrogen-bond acceptors (Lipinski definition) is 4. The van der Waals surface area contributed by atoms with Gasteiger partial charge in [0, 0.05) is 22.5 Å². The number of anilines is 1. The Hall–Kier alpha value is -2.73. The highest BCUT2D eigenvalue weighted by Crippen LogP contribution is 2.71. The molecule has 2 unspecified atom stereocenters. The van der Waals surface area contributed by atoms with E-state index >= 15 is 0 Å². The smallest absolute Gasteiger partial charge is 0.326 e. The number of benzene rings is 2. The minimum Gasteiger partial charge on any atom is -0.326 e. The highest BCUT2D eigenvalue weighted by atomic mass is 35.5. The van der Waals surface area contributed by atoms with Crippen LogP contribution in [0.3, 0.4) is 0 Å². The molecule has 7 heteroatoms. The summed E-state index contributed by atoms with van der Waals surface area (Å²) in [6, 6.07) is 12.1. The topological polar surface area (TPSA) is 67.8 Å². The summed E-state index contributed by atoms with van der Waals surface area (Å²) in [6.45, 7) is 6.20. The molecule has 0 aliphatic heterocycles. The summed E-state index contributed by atoms with van der Waals surface area (Å²) >= 11 is 5.86. The molecule has 2 aliphatic carbocycles. The maximum atomic E-state index is 13.4. The van der Waals surface area contributed by atoms with Crippen LogP contribution in [0.2, 0.25) is 5.02 Å². The Bertz CT molecular complexity index is 1070. The molecule has 0 aromatic heterocycles. The first kappa shape index (κ1) is 21.5. The number of nitrogens with zero attached hydrogens (tertiary/aromatic N) is 1. The van der Waals surface area contributed by atoms with Gasteiger partial charge in [0.1, 0.15) is 5.82 Å². The quantitative estimate of drug-likeness (QED) is 0.477. The number of carbonyl (C=O) groups excluding carboxylic acids is 2. The highest BCUT2D eigenvalue weighted by molar-refractivity contribution is 6.30. The number of rotatable bonds is 4. The summed E-state index contributed by atoms with van der Waals surface area (Å²) in [5.74, 6) is -1.05. The molecule has 2 saturated carbocycles. The minimum absolute atomic E-state index is 0.123. The van der Waals surface area contributed by atoms with Gasteiger partial charge >= 0.3 is 5.97 Å². The molecule has 0 radical (unpaired) electrons. The van der Waals surface area contributed by atoms with E-state index in [2.05, 4.69) is 31.2 Å². The van der Waals surface area contributed by atoms with Crippen LogP contribution in [0, 0.1) is 22.1 Å². The lowest BCUT2D eigenvalue weighted by atomic mass is 9.64. The summed E-state index contributed by atoms with van der Waals surface area (Å²) in [5.41, 5.74) is 0.125. The molecule has 0 spiro atoms. The van der Waals surface area contributed by atoms with E-state index in [-0.39, 0.29) is 17.1 Å². The summed E-state index contributed by atoms with van der Waals surface area (Å²) in [5, 5.41) is 7.69. The third-order valence-corrected chi connectivity index (χ3v) is 7.84. The molecular formula is C24H24ClFN2O3. The summed E-state index contributed by atoms with van der Waals surface area (Å²) in [4.78, 5) is 31.0. The van der Waals surface area contributed by atoms with Gasteiger partial charge in [-0.3, -0.25) is 4.79 Å². The Kier molecular flexibility index (Phi) is 5.16. The fourth-order valence-electron chi connectivity index (χ4n) is 5.04. The summed E-state index contributed by atoms with van der Waals surface area (Å²) < 4.78 is 13.2. The van der Waals surface area contributed by atoms with Gasteiger partial charge in [-0.1, -0.05) is 37.5 Å². The Morgan fingerprint density at radius 2 is 1.68 bits per heavy atom. The minimum atomic E-state index is -0.693. The Balaban J connectivity index is 1.57. The van der Waals surface area contributed by atoms with E-state index in [4.69, 9.17) is 16.4 Å². The van der Waals surface area contributed by atoms with Crippen LogP contribution in [0.15, 0.2) is 53.7 Å². The monoisotopic (exact) mass is 442 g/mol. The normalized spacial score (nSPS) is 27.3. The molecule has 2 bridgehead atoms. The van der Waals surface area contributed by atoms with E-state index in [0.717, 1.165) is 6.42 Å². The molecule has 2 fully saturated rings. The third-order valence-electron chi connectivity index (χ3n) is 7.59. The number of hydrogen-bond donors (Lipinski definition) is 1. The second-order valence-electron chi connectivity index (χ2n) is 9.10. The lowest BCUT2D eigenvalue weighted by Crippen LogP contribution is -2.43. The largest absolute Gasteiger partial charge is 0.365 e. The number of nitrogens with one attached hydrogen (secondary N) is 1. The van der Waals surface area contributed by atoms with Crippen molar-refractivity contribution in [3.63, 3.8) is 0 Å². The van der Waals surface area contributed by atoms with Crippen LogP contribution in [0.5, 0.6) is 0 Å². The van der Waals surface area contributed by atoms with Gasteiger partial charge in [-0.05, 0) is 66.8 Å². The molecule has 1 N–H and O–H groups in total. The maximum Gasteiger partial charge on any atom is 0.365 e. The maximum absolute atomic E-state index is 13.4. The van der Waals surface area contributed by atoms with Crippen LogP contribution in [-0.2, 0) is 9.63 Å². The van der Waals surface area contributed by atoms with E-state index < -0.39 is 16.8 Å². The second kappa shape index (κ2) is 7.45. The molecule has 1 amide bonds. The van der Waals surface area contributed by atoms with Crippen LogP contribution in [0.4, 0.5) is 10.1 Å². The van der Waals surface area contributed by atoms with Gasteiger partial charge in [0.15, 0.2) is 0 Å². The van der Waals surface area contributed by atoms with Crippen molar-refractivity contribution in [3.05, 3.63) is 64.9 Å². The van der Waals surface area contributed by atoms with Crippen LogP contribution < -0.4 is 5.32 Å². The fraction of sp³-hybridized carbons (Fsp3) is 0.375. The van der Waals surface area contributed by atoms with Gasteiger partial charge in [-0.15, -0.1) is 0 Å². The van der Waals surface area contributed by atoms with Crippen LogP contribution in [0.1, 0.15) is 50.4 Å². The Labute approximate surface area is 185 Å². The van der Waals surface area contributed by atoms with Crippen molar-refractivity contribution in [2.45, 2.75) is 40.0 Å². The van der Waals surface area contributed by atoms with Gasteiger partial charge in [0.2, 0.25) is 5.91 Å². The molecular weight excluding hydrogens is 419 g/mol. The summed E-state index contributed by atoms with van der Waals surface area (Å²) in [6.07, 6.45) is 1.86. The lowest BCUT2D eigenvalue weighted by molar-refractivity contribution is -0.130. The van der Waals surface area contributed by atoms with Gasteiger partial charge in [0.25, 0.3) is 0 Å². The van der Waals surface area contributed by atoms with Gasteiger partial charge in [0.05, 0.1) is 16.7 Å². The Morgan fingerprint density at radius 3 is 2.32 bits per heavy atom. The van der Waals surface area contributed by atoms with E-state index in [1.165, 1.54) is 12.1 Å². The van der Waals surface area contributed by atoms with Crippen LogP contribution in [0.25, 0.3) is 0 Å². The molecule has 2 aromatic carbocycles. The Morgan fingerprint density at radius 1 is 1.03 bits per heavy atom. The second-order valence-corrected chi connectivity index (χ2v) is 9.54. The molecule has 2 aliphatic rings. The molecule has 5 nitrogen and oxygen atoms in total. The van der Waals surface area contributed by atoms with Crippen molar-refractivity contribution in [2.24, 2.45) is 21.4 Å². The predicted molar refractivity (Wildman–Crippen MR) is 118 cm³/mol. The summed E-state index contributed by atoms with van der Waals surface area (Å²) in [7, 11) is 0.